The van der Waals surface area contributed by atoms with Gasteiger partial charge < -0.3 is 0 Å². The fraction of sp³-hybridized carbons (Fsp3) is 0.302. The Morgan fingerprint density at radius 1 is 0.571 bits per heavy atom. The van der Waals surface area contributed by atoms with Crippen LogP contribution in [-0.4, -0.2) is 0 Å². The zero-order valence-corrected chi connectivity index (χ0v) is 41.9. The number of hydrogen-bond acceptors (Lipinski definition) is 0. The van der Waals surface area contributed by atoms with Gasteiger partial charge in [0.1, 0.15) is 0 Å². The molecule has 0 saturated carbocycles. The lowest BCUT2D eigenvalue weighted by molar-refractivity contribution is 0.971. The molecule has 332 valence electrons. The van der Waals surface area contributed by atoms with Gasteiger partial charge in [0.2, 0.25) is 0 Å². The van der Waals surface area contributed by atoms with Gasteiger partial charge in [-0.1, -0.05) is 248 Å². The minimum absolute atomic E-state index is 0.273. The summed E-state index contributed by atoms with van der Waals surface area (Å²) in [4.78, 5) is 0. The molecule has 1 atom stereocenters. The number of allylic oxidation sites excluding steroid dienone is 3. The van der Waals surface area contributed by atoms with E-state index in [1.807, 2.05) is 83.1 Å². The first-order valence-corrected chi connectivity index (χ1v) is 24.4. The van der Waals surface area contributed by atoms with Crippen molar-refractivity contribution < 1.29 is 0 Å². The Labute approximate surface area is 385 Å². The summed E-state index contributed by atoms with van der Waals surface area (Å²) in [5.74, 6) is 0.273. The van der Waals surface area contributed by atoms with Gasteiger partial charge in [0.15, 0.2) is 0 Å². The molecule has 0 heteroatoms. The van der Waals surface area contributed by atoms with Crippen LogP contribution in [0.1, 0.15) is 152 Å². The fourth-order valence-corrected chi connectivity index (χ4v) is 7.74. The maximum atomic E-state index is 2.46. The van der Waals surface area contributed by atoms with E-state index < -0.39 is 0 Å². The van der Waals surface area contributed by atoms with Crippen molar-refractivity contribution in [3.63, 3.8) is 0 Å². The Kier molecular flexibility index (Phi) is 25.1. The summed E-state index contributed by atoms with van der Waals surface area (Å²) in [6.45, 7) is 30.7. The van der Waals surface area contributed by atoms with Gasteiger partial charge in [-0.05, 0) is 139 Å². The summed E-state index contributed by atoms with van der Waals surface area (Å²) >= 11 is 0. The third kappa shape index (κ3) is 14.1. The molecule has 0 spiro atoms. The molecular weight excluding hydrogens is 757 g/mol. The molecule has 0 aromatic heterocycles. The van der Waals surface area contributed by atoms with Crippen LogP contribution in [0.2, 0.25) is 0 Å². The van der Waals surface area contributed by atoms with E-state index in [-0.39, 0.29) is 5.92 Å². The standard InChI is InChI=1S/C51H44.6C2H6/c1-35-13-4-5-14-39(35)27-23-36(2)41-18-12-19-43(32-41)47(30-26-38-25-29-40-15-6-7-16-42(40)31-38)50-33-45(28-24-37(50)3)51-34-44-17-8-9-20-46(44)48-21-10-11-22-49(48)51;6*1-2/h4-9,11-20,22-25,27-34,36H,10,21,26H2,1-3H3;6*1-2H3/b27-23-,47-30-;;;;;;. The summed E-state index contributed by atoms with van der Waals surface area (Å²) in [5, 5.41) is 5.26. The van der Waals surface area contributed by atoms with Crippen LogP contribution in [0, 0.1) is 13.8 Å². The molecule has 0 bridgehead atoms. The first-order chi connectivity index (χ1) is 31.0. The topological polar surface area (TPSA) is 0 Å². The highest BCUT2D eigenvalue weighted by atomic mass is 14.2. The van der Waals surface area contributed by atoms with Gasteiger partial charge in [-0.15, -0.1) is 0 Å². The summed E-state index contributed by atoms with van der Waals surface area (Å²) < 4.78 is 0. The van der Waals surface area contributed by atoms with Crippen molar-refractivity contribution >= 4 is 39.3 Å². The molecule has 0 saturated heterocycles. The minimum Gasteiger partial charge on any atom is -0.0836 e. The van der Waals surface area contributed by atoms with Crippen LogP contribution in [0.15, 0.2) is 158 Å². The number of hydrogen-bond donors (Lipinski definition) is 0. The lowest BCUT2D eigenvalue weighted by Gasteiger charge is -2.20. The number of fused-ring (bicyclic) bond motifs is 4. The van der Waals surface area contributed by atoms with Crippen LogP contribution < -0.4 is 0 Å². The van der Waals surface area contributed by atoms with E-state index >= 15 is 0 Å². The van der Waals surface area contributed by atoms with Gasteiger partial charge in [-0.3, -0.25) is 0 Å². The Hall–Kier alpha value is -5.72. The zero-order chi connectivity index (χ0) is 46.7. The van der Waals surface area contributed by atoms with Gasteiger partial charge in [-0.2, -0.15) is 0 Å². The van der Waals surface area contributed by atoms with E-state index in [9.17, 15) is 0 Å². The van der Waals surface area contributed by atoms with Crippen LogP contribution >= 0.6 is 0 Å². The van der Waals surface area contributed by atoms with Crippen molar-refractivity contribution in [2.75, 3.05) is 0 Å². The van der Waals surface area contributed by atoms with E-state index in [1.54, 1.807) is 0 Å². The summed E-state index contributed by atoms with van der Waals surface area (Å²) in [7, 11) is 0. The Bertz CT molecular complexity index is 2480. The molecule has 1 aliphatic carbocycles. The summed E-state index contributed by atoms with van der Waals surface area (Å²) in [5.41, 5.74) is 15.7. The van der Waals surface area contributed by atoms with Crippen molar-refractivity contribution in [3.8, 4) is 11.1 Å². The first kappa shape index (κ1) is 53.4. The Morgan fingerprint density at radius 2 is 1.22 bits per heavy atom. The molecule has 1 unspecified atom stereocenters. The minimum atomic E-state index is 0.273. The predicted octanol–water partition coefficient (Wildman–Crippen LogP) is 19.9. The monoisotopic (exact) mass is 837 g/mol. The maximum absolute atomic E-state index is 2.46. The van der Waals surface area contributed by atoms with Gasteiger partial charge in [0.25, 0.3) is 0 Å². The molecule has 8 rings (SSSR count). The van der Waals surface area contributed by atoms with Gasteiger partial charge in [0.05, 0.1) is 0 Å². The Balaban J connectivity index is 0.00000105. The molecule has 0 aliphatic heterocycles. The SMILES string of the molecule is CC.CC.CC.CC.CC.CC.Cc1ccccc1/C=C\C(C)c1cccc(/C(=C/Cc2ccc3ccccc3c2)c2cc(-c3cc4ccccc4c4c3C=CCC4)ccc2C)c1. The van der Waals surface area contributed by atoms with Crippen LogP contribution in [0.3, 0.4) is 0 Å². The van der Waals surface area contributed by atoms with E-state index in [4.69, 9.17) is 0 Å². The molecule has 0 radical (unpaired) electrons. The second-order valence-electron chi connectivity index (χ2n) is 14.1. The predicted molar refractivity (Wildman–Crippen MR) is 289 cm³/mol. The highest BCUT2D eigenvalue weighted by molar-refractivity contribution is 5.97. The third-order valence-electron chi connectivity index (χ3n) is 10.7. The highest BCUT2D eigenvalue weighted by Crippen LogP contribution is 2.39. The van der Waals surface area contributed by atoms with E-state index in [1.165, 1.54) is 88.3 Å². The fourth-order valence-electron chi connectivity index (χ4n) is 7.74. The van der Waals surface area contributed by atoms with Crippen molar-refractivity contribution in [2.24, 2.45) is 0 Å². The average molecular weight is 837 g/mol. The lowest BCUT2D eigenvalue weighted by Crippen LogP contribution is -2.00. The summed E-state index contributed by atoms with van der Waals surface area (Å²) in [6.07, 6.45) is 14.8. The molecular formula is C63H80. The molecule has 1 aliphatic rings. The number of rotatable bonds is 8. The molecule has 0 N–H and O–H groups in total. The zero-order valence-electron chi connectivity index (χ0n) is 41.9. The van der Waals surface area contributed by atoms with Gasteiger partial charge in [-0.25, -0.2) is 0 Å². The van der Waals surface area contributed by atoms with Gasteiger partial charge in [0, 0.05) is 0 Å². The average Bonchev–Trinajstić information content (AvgIpc) is 3.37. The van der Waals surface area contributed by atoms with E-state index in [0.29, 0.717) is 0 Å². The highest BCUT2D eigenvalue weighted by Gasteiger charge is 2.18. The van der Waals surface area contributed by atoms with Crippen molar-refractivity contribution in [1.29, 1.82) is 0 Å². The van der Waals surface area contributed by atoms with E-state index in [0.717, 1.165) is 19.3 Å². The lowest BCUT2D eigenvalue weighted by atomic mass is 9.84. The second-order valence-corrected chi connectivity index (χ2v) is 14.1. The Morgan fingerprint density at radius 3 is 1.94 bits per heavy atom. The molecule has 63 heavy (non-hydrogen) atoms. The molecule has 0 heterocycles. The van der Waals surface area contributed by atoms with Crippen LogP contribution in [0.25, 0.3) is 50.4 Å². The molecule has 7 aromatic rings. The normalized spacial score (nSPS) is 11.6. The molecule has 0 nitrogen and oxygen atoms in total. The second kappa shape index (κ2) is 29.6. The molecule has 7 aromatic carbocycles. The first-order valence-electron chi connectivity index (χ1n) is 24.4. The van der Waals surface area contributed by atoms with E-state index in [2.05, 4.69) is 191 Å². The molecule has 0 amide bonds. The van der Waals surface area contributed by atoms with Crippen molar-refractivity contribution in [2.45, 2.75) is 129 Å². The third-order valence-corrected chi connectivity index (χ3v) is 10.7. The maximum Gasteiger partial charge on any atom is -0.000689 e. The summed E-state index contributed by atoms with van der Waals surface area (Å²) in [6, 6.07) is 51.7. The smallest absolute Gasteiger partial charge is 0.000689 e. The quantitative estimate of drug-likeness (QED) is 0.143. The largest absolute Gasteiger partial charge is 0.0836 e. The van der Waals surface area contributed by atoms with Gasteiger partial charge >= 0.3 is 0 Å². The van der Waals surface area contributed by atoms with Crippen molar-refractivity contribution in [1.82, 2.24) is 0 Å². The van der Waals surface area contributed by atoms with Crippen LogP contribution in [-0.2, 0) is 12.8 Å². The molecule has 0 fully saturated rings. The van der Waals surface area contributed by atoms with Crippen molar-refractivity contribution in [3.05, 3.63) is 208 Å². The van der Waals surface area contributed by atoms with Crippen LogP contribution in [0.5, 0.6) is 0 Å². The van der Waals surface area contributed by atoms with Crippen LogP contribution in [0.4, 0.5) is 0 Å². The number of aryl methyl sites for hydroxylation is 3. The number of benzene rings is 7.